The topological polar surface area (TPSA) is 92.5 Å². The summed E-state index contributed by atoms with van der Waals surface area (Å²) in [4.78, 5) is 21.5. The van der Waals surface area contributed by atoms with Gasteiger partial charge in [-0.05, 0) is 24.7 Å². The Bertz CT molecular complexity index is 588. The van der Waals surface area contributed by atoms with Crippen LogP contribution in [0.2, 0.25) is 0 Å². The van der Waals surface area contributed by atoms with Crippen LogP contribution in [0.4, 0.5) is 14.5 Å². The van der Waals surface area contributed by atoms with Gasteiger partial charge in [-0.25, -0.2) is 4.39 Å². The lowest BCUT2D eigenvalue weighted by Gasteiger charge is -2.14. The lowest BCUT2D eigenvalue weighted by molar-refractivity contribution is -0.387. The van der Waals surface area contributed by atoms with Crippen molar-refractivity contribution in [3.05, 3.63) is 39.4 Å². The molecule has 6 nitrogen and oxygen atoms in total. The number of rotatable bonds is 6. The Balaban J connectivity index is 2.12. The van der Waals surface area contributed by atoms with E-state index >= 15 is 0 Å². The number of halogens is 2. The minimum Gasteiger partial charge on any atom is -0.396 e. The minimum atomic E-state index is -1.33. The molecule has 0 aromatic heterocycles. The number of nitro benzene ring substituents is 1. The van der Waals surface area contributed by atoms with Gasteiger partial charge < -0.3 is 10.4 Å². The van der Waals surface area contributed by atoms with Crippen molar-refractivity contribution in [2.24, 2.45) is 5.41 Å². The molecule has 21 heavy (non-hydrogen) atoms. The van der Waals surface area contributed by atoms with Gasteiger partial charge in [-0.1, -0.05) is 0 Å². The molecule has 1 saturated carbocycles. The van der Waals surface area contributed by atoms with E-state index < -0.39 is 33.7 Å². The molecule has 8 heteroatoms. The first-order valence-corrected chi connectivity index (χ1v) is 6.41. The summed E-state index contributed by atoms with van der Waals surface area (Å²) in [5.74, 6) is -3.31. The summed E-state index contributed by atoms with van der Waals surface area (Å²) in [5.41, 5.74) is -1.69. The van der Waals surface area contributed by atoms with Crippen molar-refractivity contribution in [1.29, 1.82) is 0 Å². The van der Waals surface area contributed by atoms with E-state index in [-0.39, 0.29) is 18.6 Å². The zero-order valence-electron chi connectivity index (χ0n) is 11.1. The van der Waals surface area contributed by atoms with Crippen LogP contribution in [0.3, 0.4) is 0 Å². The van der Waals surface area contributed by atoms with Gasteiger partial charge in [-0.3, -0.25) is 14.9 Å². The molecule has 0 heterocycles. The third kappa shape index (κ3) is 3.33. The van der Waals surface area contributed by atoms with E-state index in [2.05, 4.69) is 5.32 Å². The number of aliphatic hydroxyl groups is 1. The van der Waals surface area contributed by atoms with Crippen LogP contribution in [0, 0.1) is 27.2 Å². The van der Waals surface area contributed by atoms with Gasteiger partial charge in [0, 0.05) is 25.3 Å². The predicted molar refractivity (Wildman–Crippen MR) is 68.7 cm³/mol. The van der Waals surface area contributed by atoms with Gasteiger partial charge in [0.15, 0.2) is 0 Å². The highest BCUT2D eigenvalue weighted by Gasteiger charge is 2.42. The molecule has 114 valence electrons. The van der Waals surface area contributed by atoms with E-state index in [0.717, 1.165) is 12.8 Å². The third-order valence-electron chi connectivity index (χ3n) is 3.70. The largest absolute Gasteiger partial charge is 0.396 e. The molecule has 1 aromatic carbocycles. The van der Waals surface area contributed by atoms with Crippen molar-refractivity contribution in [3.8, 4) is 0 Å². The Morgan fingerprint density at radius 2 is 2.05 bits per heavy atom. The monoisotopic (exact) mass is 300 g/mol. The summed E-state index contributed by atoms with van der Waals surface area (Å²) in [5, 5.41) is 22.0. The van der Waals surface area contributed by atoms with Crippen molar-refractivity contribution in [2.45, 2.75) is 19.3 Å². The standard InChI is InChI=1S/C13H14F2N2O4/c14-9-6-10(15)11(17(20)21)5-8(9)12(19)16-7-13(1-2-13)3-4-18/h5-6,18H,1-4,7H2,(H,16,19). The van der Waals surface area contributed by atoms with Crippen LogP contribution < -0.4 is 5.32 Å². The SMILES string of the molecule is O=C(NCC1(CCO)CC1)c1cc([N+](=O)[O-])c(F)cc1F. The molecule has 1 aromatic rings. The molecule has 1 aliphatic rings. The van der Waals surface area contributed by atoms with Crippen molar-refractivity contribution in [2.75, 3.05) is 13.2 Å². The Morgan fingerprint density at radius 3 is 2.57 bits per heavy atom. The molecule has 0 bridgehead atoms. The molecule has 0 atom stereocenters. The van der Waals surface area contributed by atoms with Crippen molar-refractivity contribution < 1.29 is 23.6 Å². The van der Waals surface area contributed by atoms with Crippen LogP contribution in [0.25, 0.3) is 0 Å². The Labute approximate surface area is 118 Å². The van der Waals surface area contributed by atoms with Crippen LogP contribution in [-0.4, -0.2) is 29.1 Å². The molecule has 0 unspecified atom stereocenters. The van der Waals surface area contributed by atoms with Gasteiger partial charge in [0.25, 0.3) is 5.91 Å². The Hall–Kier alpha value is -2.09. The fraction of sp³-hybridized carbons (Fsp3) is 0.462. The number of hydrogen-bond acceptors (Lipinski definition) is 4. The van der Waals surface area contributed by atoms with Crippen molar-refractivity contribution in [1.82, 2.24) is 5.32 Å². The first-order chi connectivity index (χ1) is 9.88. The number of aliphatic hydroxyl groups excluding tert-OH is 1. The first kappa shape index (κ1) is 15.3. The number of carbonyl (C=O) groups excluding carboxylic acids is 1. The molecule has 1 amide bonds. The second-order valence-corrected chi connectivity index (χ2v) is 5.20. The lowest BCUT2D eigenvalue weighted by Crippen LogP contribution is -2.31. The lowest BCUT2D eigenvalue weighted by atomic mass is 10.0. The van der Waals surface area contributed by atoms with Crippen molar-refractivity contribution >= 4 is 11.6 Å². The van der Waals surface area contributed by atoms with Gasteiger partial charge in [-0.15, -0.1) is 0 Å². The average molecular weight is 300 g/mol. The van der Waals surface area contributed by atoms with Gasteiger partial charge in [-0.2, -0.15) is 4.39 Å². The summed E-state index contributed by atoms with van der Waals surface area (Å²) < 4.78 is 26.8. The highest BCUT2D eigenvalue weighted by atomic mass is 19.1. The fourth-order valence-corrected chi connectivity index (χ4v) is 2.14. The Kier molecular flexibility index (Phi) is 4.17. The fourth-order valence-electron chi connectivity index (χ4n) is 2.14. The number of amides is 1. The predicted octanol–water partition coefficient (Wildman–Crippen LogP) is 1.77. The second kappa shape index (κ2) is 5.72. The molecule has 0 radical (unpaired) electrons. The van der Waals surface area contributed by atoms with Crippen LogP contribution in [0.15, 0.2) is 12.1 Å². The van der Waals surface area contributed by atoms with Crippen LogP contribution >= 0.6 is 0 Å². The Morgan fingerprint density at radius 1 is 1.38 bits per heavy atom. The quantitative estimate of drug-likeness (QED) is 0.618. The maximum Gasteiger partial charge on any atom is 0.305 e. The minimum absolute atomic E-state index is 0.00769. The molecule has 0 saturated heterocycles. The maximum absolute atomic E-state index is 13.6. The summed E-state index contributed by atoms with van der Waals surface area (Å²) in [6.45, 7) is 0.239. The normalized spacial score (nSPS) is 15.6. The maximum atomic E-state index is 13.6. The van der Waals surface area contributed by atoms with E-state index in [1.165, 1.54) is 0 Å². The van der Waals surface area contributed by atoms with Gasteiger partial charge in [0.2, 0.25) is 5.82 Å². The third-order valence-corrected chi connectivity index (χ3v) is 3.70. The van der Waals surface area contributed by atoms with Crippen LogP contribution in [0.5, 0.6) is 0 Å². The smallest absolute Gasteiger partial charge is 0.305 e. The van der Waals surface area contributed by atoms with Gasteiger partial charge in [0.05, 0.1) is 10.5 Å². The van der Waals surface area contributed by atoms with E-state index in [1.807, 2.05) is 0 Å². The molecule has 2 rings (SSSR count). The van der Waals surface area contributed by atoms with Crippen LogP contribution in [-0.2, 0) is 0 Å². The summed E-state index contributed by atoms with van der Waals surface area (Å²) in [6.07, 6.45) is 2.22. The highest BCUT2D eigenvalue weighted by Crippen LogP contribution is 2.47. The molecule has 0 spiro atoms. The summed E-state index contributed by atoms with van der Waals surface area (Å²) in [7, 11) is 0. The zero-order valence-corrected chi connectivity index (χ0v) is 11.1. The molecule has 1 aliphatic carbocycles. The molecule has 0 aliphatic heterocycles. The molecular weight excluding hydrogens is 286 g/mol. The van der Waals surface area contributed by atoms with E-state index in [9.17, 15) is 23.7 Å². The first-order valence-electron chi connectivity index (χ1n) is 6.41. The number of nitrogens with one attached hydrogen (secondary N) is 1. The number of carbonyl (C=O) groups is 1. The molecule has 2 N–H and O–H groups in total. The van der Waals surface area contributed by atoms with Gasteiger partial charge in [0.1, 0.15) is 5.82 Å². The number of benzene rings is 1. The van der Waals surface area contributed by atoms with E-state index in [0.29, 0.717) is 18.6 Å². The van der Waals surface area contributed by atoms with Crippen molar-refractivity contribution in [3.63, 3.8) is 0 Å². The highest BCUT2D eigenvalue weighted by molar-refractivity contribution is 5.95. The van der Waals surface area contributed by atoms with E-state index in [4.69, 9.17) is 5.11 Å². The van der Waals surface area contributed by atoms with E-state index in [1.54, 1.807) is 0 Å². The van der Waals surface area contributed by atoms with Gasteiger partial charge >= 0.3 is 5.69 Å². The summed E-state index contributed by atoms with van der Waals surface area (Å²) >= 11 is 0. The summed E-state index contributed by atoms with van der Waals surface area (Å²) in [6, 6.07) is 0.916. The second-order valence-electron chi connectivity index (χ2n) is 5.20. The number of nitro groups is 1. The van der Waals surface area contributed by atoms with Crippen LogP contribution in [0.1, 0.15) is 29.6 Å². The zero-order chi connectivity index (χ0) is 15.6. The molecular formula is C13H14F2N2O4. The molecule has 1 fully saturated rings. The average Bonchev–Trinajstić information content (AvgIpc) is 3.16. The number of hydrogen-bond donors (Lipinski definition) is 2. The number of nitrogens with zero attached hydrogens (tertiary/aromatic N) is 1.